The van der Waals surface area contributed by atoms with E-state index in [4.69, 9.17) is 0 Å². The number of fused-ring (bicyclic) bond motifs is 2. The highest BCUT2D eigenvalue weighted by Crippen LogP contribution is 2.45. The molecule has 7 heteroatoms. The molecule has 6 nitrogen and oxygen atoms in total. The van der Waals surface area contributed by atoms with Gasteiger partial charge in [-0.3, -0.25) is 0 Å². The van der Waals surface area contributed by atoms with E-state index in [1.54, 1.807) is 18.3 Å². The van der Waals surface area contributed by atoms with Crippen molar-refractivity contribution < 1.29 is 14.3 Å². The van der Waals surface area contributed by atoms with Gasteiger partial charge in [0, 0.05) is 50.1 Å². The summed E-state index contributed by atoms with van der Waals surface area (Å²) in [4.78, 5) is 18.8. The molecule has 2 aliphatic rings. The summed E-state index contributed by atoms with van der Waals surface area (Å²) >= 11 is 0. The first kappa shape index (κ1) is 16.1. The molecule has 2 atom stereocenters. The monoisotopic (exact) mass is 344 g/mol. The van der Waals surface area contributed by atoms with Gasteiger partial charge in [0.2, 0.25) is 0 Å². The lowest BCUT2D eigenvalue weighted by Gasteiger charge is -2.43. The Kier molecular flexibility index (Phi) is 3.76. The summed E-state index contributed by atoms with van der Waals surface area (Å²) in [5.41, 5.74) is -0.438. The van der Waals surface area contributed by atoms with E-state index >= 15 is 0 Å². The molecule has 3 heterocycles. The minimum atomic E-state index is -1.00. The van der Waals surface area contributed by atoms with Gasteiger partial charge < -0.3 is 19.9 Å². The maximum atomic E-state index is 13.0. The second kappa shape index (κ2) is 5.84. The highest BCUT2D eigenvalue weighted by Gasteiger charge is 2.51. The van der Waals surface area contributed by atoms with Gasteiger partial charge in [-0.15, -0.1) is 0 Å². The Morgan fingerprint density at radius 3 is 2.48 bits per heavy atom. The van der Waals surface area contributed by atoms with Crippen molar-refractivity contribution in [3.05, 3.63) is 48.3 Å². The topological polar surface area (TPSA) is 70.4 Å². The number of benzene rings is 1. The van der Waals surface area contributed by atoms with Crippen LogP contribution in [-0.2, 0) is 12.6 Å². The van der Waals surface area contributed by atoms with E-state index in [-0.39, 0.29) is 23.9 Å². The average Bonchev–Trinajstić information content (AvgIpc) is 3.12. The van der Waals surface area contributed by atoms with Crippen molar-refractivity contribution in [1.82, 2.24) is 14.5 Å². The minimum absolute atomic E-state index is 0.0269. The van der Waals surface area contributed by atoms with Crippen LogP contribution in [0.15, 0.2) is 36.7 Å². The first-order valence-corrected chi connectivity index (χ1v) is 8.51. The molecule has 2 aromatic rings. The van der Waals surface area contributed by atoms with E-state index in [0.29, 0.717) is 24.4 Å². The predicted octanol–water partition coefficient (Wildman–Crippen LogP) is 2.61. The van der Waals surface area contributed by atoms with E-state index in [1.165, 1.54) is 12.1 Å². The number of urea groups is 1. The molecule has 0 aliphatic carbocycles. The molecule has 1 aromatic carbocycles. The van der Waals surface area contributed by atoms with E-state index in [0.717, 1.165) is 12.8 Å². The Balaban J connectivity index is 1.51. The zero-order valence-electron chi connectivity index (χ0n) is 14.0. The van der Waals surface area contributed by atoms with Crippen LogP contribution in [0.4, 0.5) is 14.9 Å². The quantitative estimate of drug-likeness (QED) is 0.880. The number of imidazole rings is 1. The van der Waals surface area contributed by atoms with Crippen molar-refractivity contribution in [3.63, 3.8) is 0 Å². The van der Waals surface area contributed by atoms with Gasteiger partial charge in [-0.05, 0) is 37.1 Å². The van der Waals surface area contributed by atoms with Crippen LogP contribution in [0.5, 0.6) is 0 Å². The van der Waals surface area contributed by atoms with Crippen molar-refractivity contribution in [3.8, 4) is 0 Å². The molecule has 25 heavy (non-hydrogen) atoms. The maximum Gasteiger partial charge on any atom is 0.322 e. The van der Waals surface area contributed by atoms with E-state index in [1.807, 2.05) is 22.7 Å². The lowest BCUT2D eigenvalue weighted by Crippen LogP contribution is -2.53. The minimum Gasteiger partial charge on any atom is -0.382 e. The molecule has 2 N–H and O–H groups in total. The third-order valence-corrected chi connectivity index (χ3v) is 5.33. The van der Waals surface area contributed by atoms with Gasteiger partial charge in [-0.25, -0.2) is 14.2 Å². The number of aromatic nitrogens is 2. The second-order valence-corrected chi connectivity index (χ2v) is 7.03. The van der Waals surface area contributed by atoms with Crippen LogP contribution < -0.4 is 5.32 Å². The fourth-order valence-corrected chi connectivity index (χ4v) is 4.27. The number of nitrogens with zero attached hydrogens (tertiary/aromatic N) is 3. The molecule has 2 fully saturated rings. The van der Waals surface area contributed by atoms with Crippen molar-refractivity contribution in [2.24, 2.45) is 7.05 Å². The number of carbonyl (C=O) groups is 1. The van der Waals surface area contributed by atoms with Gasteiger partial charge in [0.05, 0.1) is 0 Å². The standard InChI is InChI=1S/C18H21FN4O2/c1-22-9-8-20-16(22)18(25)10-14-6-7-15(11-18)23(14)17(24)21-13-4-2-12(19)3-5-13/h2-5,8-9,14-15,25H,6-7,10-11H2,1H3,(H,21,24). The summed E-state index contributed by atoms with van der Waals surface area (Å²) in [6.07, 6.45) is 6.20. The van der Waals surface area contributed by atoms with E-state index < -0.39 is 5.60 Å². The largest absolute Gasteiger partial charge is 0.382 e. The number of piperidine rings is 1. The fourth-order valence-electron chi connectivity index (χ4n) is 4.27. The Morgan fingerprint density at radius 2 is 1.92 bits per heavy atom. The predicted molar refractivity (Wildman–Crippen MR) is 90.4 cm³/mol. The first-order chi connectivity index (χ1) is 12.0. The molecular weight excluding hydrogens is 323 g/mol. The summed E-state index contributed by atoms with van der Waals surface area (Å²) in [6.45, 7) is 0. The highest BCUT2D eigenvalue weighted by atomic mass is 19.1. The van der Waals surface area contributed by atoms with Crippen LogP contribution >= 0.6 is 0 Å². The van der Waals surface area contributed by atoms with Crippen molar-refractivity contribution in [1.29, 1.82) is 0 Å². The smallest absolute Gasteiger partial charge is 0.322 e. The number of carbonyl (C=O) groups excluding carboxylic acids is 1. The fraction of sp³-hybridized carbons (Fsp3) is 0.444. The molecule has 2 unspecified atom stereocenters. The second-order valence-electron chi connectivity index (χ2n) is 7.03. The van der Waals surface area contributed by atoms with Gasteiger partial charge in [-0.1, -0.05) is 0 Å². The Morgan fingerprint density at radius 1 is 1.28 bits per heavy atom. The normalized spacial score (nSPS) is 28.2. The zero-order chi connectivity index (χ0) is 17.6. The molecule has 2 bridgehead atoms. The summed E-state index contributed by atoms with van der Waals surface area (Å²) in [5, 5.41) is 14.0. The average molecular weight is 344 g/mol. The number of anilines is 1. The van der Waals surface area contributed by atoms with Crippen LogP contribution in [-0.4, -0.2) is 37.7 Å². The van der Waals surface area contributed by atoms with Crippen LogP contribution in [0, 0.1) is 5.82 Å². The van der Waals surface area contributed by atoms with Crippen LogP contribution in [0.2, 0.25) is 0 Å². The number of halogens is 1. The number of nitrogens with one attached hydrogen (secondary N) is 1. The first-order valence-electron chi connectivity index (χ1n) is 8.51. The summed E-state index contributed by atoms with van der Waals surface area (Å²) in [5.74, 6) is 0.319. The lowest BCUT2D eigenvalue weighted by atomic mass is 9.85. The number of rotatable bonds is 2. The van der Waals surface area contributed by atoms with Crippen LogP contribution in [0.3, 0.4) is 0 Å². The Bertz CT molecular complexity index is 775. The number of hydrogen-bond acceptors (Lipinski definition) is 3. The molecule has 1 aromatic heterocycles. The Labute approximate surface area is 145 Å². The third-order valence-electron chi connectivity index (χ3n) is 5.33. The molecular formula is C18H21FN4O2. The number of hydrogen-bond donors (Lipinski definition) is 2. The van der Waals surface area contributed by atoms with Gasteiger partial charge >= 0.3 is 6.03 Å². The van der Waals surface area contributed by atoms with Gasteiger partial charge in [-0.2, -0.15) is 0 Å². The number of amides is 2. The van der Waals surface area contributed by atoms with Crippen molar-refractivity contribution in [2.75, 3.05) is 5.32 Å². The van der Waals surface area contributed by atoms with Gasteiger partial charge in [0.1, 0.15) is 17.2 Å². The van der Waals surface area contributed by atoms with Crippen LogP contribution in [0.1, 0.15) is 31.5 Å². The number of aliphatic hydroxyl groups is 1. The summed E-state index contributed by atoms with van der Waals surface area (Å²) in [6, 6.07) is 5.48. The van der Waals surface area contributed by atoms with E-state index in [2.05, 4.69) is 10.3 Å². The molecule has 2 aliphatic heterocycles. The molecule has 4 rings (SSSR count). The van der Waals surface area contributed by atoms with Gasteiger partial charge in [0.15, 0.2) is 0 Å². The van der Waals surface area contributed by atoms with Crippen LogP contribution in [0.25, 0.3) is 0 Å². The molecule has 0 spiro atoms. The zero-order valence-corrected chi connectivity index (χ0v) is 14.0. The molecule has 0 radical (unpaired) electrons. The van der Waals surface area contributed by atoms with Gasteiger partial charge in [0.25, 0.3) is 0 Å². The SMILES string of the molecule is Cn1ccnc1C1(O)CC2CCC(C1)N2C(=O)Nc1ccc(F)cc1. The highest BCUT2D eigenvalue weighted by molar-refractivity contribution is 5.90. The van der Waals surface area contributed by atoms with Crippen molar-refractivity contribution >= 4 is 11.7 Å². The van der Waals surface area contributed by atoms with Crippen molar-refractivity contribution in [2.45, 2.75) is 43.4 Å². The molecule has 0 saturated carbocycles. The molecule has 2 saturated heterocycles. The summed E-state index contributed by atoms with van der Waals surface area (Å²) in [7, 11) is 1.87. The molecule has 132 valence electrons. The summed E-state index contributed by atoms with van der Waals surface area (Å²) < 4.78 is 14.8. The molecule has 2 amide bonds. The van der Waals surface area contributed by atoms with E-state index in [9.17, 15) is 14.3 Å². The maximum absolute atomic E-state index is 13.0. The third kappa shape index (κ3) is 2.78. The lowest BCUT2D eigenvalue weighted by molar-refractivity contribution is -0.0505. The number of aryl methyl sites for hydroxylation is 1. The Hall–Kier alpha value is -2.41.